The van der Waals surface area contributed by atoms with E-state index in [4.69, 9.17) is 5.26 Å². The minimum atomic E-state index is 0.678. The van der Waals surface area contributed by atoms with E-state index in [-0.39, 0.29) is 0 Å². The Bertz CT molecular complexity index is 416. The number of benzene rings is 1. The lowest BCUT2D eigenvalue weighted by Gasteiger charge is -2.45. The highest BCUT2D eigenvalue weighted by Gasteiger charge is 2.39. The molecule has 3 atom stereocenters. The summed E-state index contributed by atoms with van der Waals surface area (Å²) in [7, 11) is 0. The number of nitrogens with zero attached hydrogens (tertiary/aromatic N) is 1. The van der Waals surface area contributed by atoms with Gasteiger partial charge < -0.3 is 5.32 Å². The highest BCUT2D eigenvalue weighted by Crippen LogP contribution is 2.44. The van der Waals surface area contributed by atoms with Crippen molar-refractivity contribution < 1.29 is 0 Å². The number of rotatable bonds is 5. The van der Waals surface area contributed by atoms with Crippen LogP contribution in [0.1, 0.15) is 50.2 Å². The maximum absolute atomic E-state index is 8.82. The third-order valence-corrected chi connectivity index (χ3v) is 4.14. The lowest BCUT2D eigenvalue weighted by atomic mass is 9.65. The first-order valence-corrected chi connectivity index (χ1v) is 7.03. The van der Waals surface area contributed by atoms with Gasteiger partial charge in [-0.15, -0.1) is 0 Å². The van der Waals surface area contributed by atoms with Gasteiger partial charge in [0.15, 0.2) is 0 Å². The number of nitrogens with one attached hydrogen (secondary N) is 1. The van der Waals surface area contributed by atoms with Crippen molar-refractivity contribution in [2.45, 2.75) is 45.1 Å². The molecular formula is C16H22N2. The molecule has 0 heterocycles. The van der Waals surface area contributed by atoms with Gasteiger partial charge in [-0.1, -0.05) is 32.4 Å². The van der Waals surface area contributed by atoms with Crippen LogP contribution < -0.4 is 5.32 Å². The molecule has 0 saturated heterocycles. The first-order valence-electron chi connectivity index (χ1n) is 7.03. The van der Waals surface area contributed by atoms with Crippen molar-refractivity contribution >= 4 is 0 Å². The third-order valence-electron chi connectivity index (χ3n) is 4.14. The lowest BCUT2D eigenvalue weighted by Crippen LogP contribution is -2.49. The van der Waals surface area contributed by atoms with Gasteiger partial charge >= 0.3 is 0 Å². The maximum atomic E-state index is 8.82. The molecular weight excluding hydrogens is 220 g/mol. The number of hydrogen-bond donors (Lipinski definition) is 1. The highest BCUT2D eigenvalue weighted by atomic mass is 14.9. The molecule has 2 nitrogen and oxygen atoms in total. The molecule has 96 valence electrons. The second kappa shape index (κ2) is 6.02. The summed E-state index contributed by atoms with van der Waals surface area (Å²) in [5, 5.41) is 12.5. The van der Waals surface area contributed by atoms with E-state index in [0.717, 1.165) is 18.0 Å². The highest BCUT2D eigenvalue weighted by molar-refractivity contribution is 5.34. The lowest BCUT2D eigenvalue weighted by molar-refractivity contribution is 0.161. The molecule has 1 saturated carbocycles. The molecule has 2 heteroatoms. The minimum absolute atomic E-state index is 0.678. The smallest absolute Gasteiger partial charge is 0.0991 e. The van der Waals surface area contributed by atoms with E-state index in [9.17, 15) is 0 Å². The Balaban J connectivity index is 2.00. The zero-order valence-corrected chi connectivity index (χ0v) is 11.3. The quantitative estimate of drug-likeness (QED) is 0.858. The second-order valence-electron chi connectivity index (χ2n) is 5.21. The van der Waals surface area contributed by atoms with Crippen molar-refractivity contribution in [3.05, 3.63) is 35.4 Å². The SMILES string of the molecule is CCCNC1CC(c2ccc(C#N)cc2)C1CC. The van der Waals surface area contributed by atoms with E-state index in [1.165, 1.54) is 24.8 Å². The minimum Gasteiger partial charge on any atom is -0.314 e. The van der Waals surface area contributed by atoms with Crippen LogP contribution in [-0.2, 0) is 0 Å². The summed E-state index contributed by atoms with van der Waals surface area (Å²) in [6.07, 6.45) is 3.67. The largest absolute Gasteiger partial charge is 0.314 e. The second-order valence-corrected chi connectivity index (χ2v) is 5.21. The fourth-order valence-corrected chi connectivity index (χ4v) is 3.03. The normalized spacial score (nSPS) is 26.4. The molecule has 0 radical (unpaired) electrons. The van der Waals surface area contributed by atoms with E-state index in [0.29, 0.717) is 12.0 Å². The predicted octanol–water partition coefficient (Wildman–Crippen LogP) is 3.44. The van der Waals surface area contributed by atoms with Crippen LogP contribution in [0.5, 0.6) is 0 Å². The average molecular weight is 242 g/mol. The zero-order chi connectivity index (χ0) is 13.0. The summed E-state index contributed by atoms with van der Waals surface area (Å²) < 4.78 is 0. The van der Waals surface area contributed by atoms with Gasteiger partial charge in [-0.05, 0) is 48.9 Å². The molecule has 1 fully saturated rings. The van der Waals surface area contributed by atoms with Gasteiger partial charge in [0.2, 0.25) is 0 Å². The van der Waals surface area contributed by atoms with E-state index in [1.807, 2.05) is 12.1 Å². The van der Waals surface area contributed by atoms with Crippen molar-refractivity contribution in [1.29, 1.82) is 5.26 Å². The summed E-state index contributed by atoms with van der Waals surface area (Å²) in [4.78, 5) is 0. The Labute approximate surface area is 110 Å². The van der Waals surface area contributed by atoms with Gasteiger partial charge in [0.05, 0.1) is 11.6 Å². The molecule has 0 aromatic heterocycles. The number of nitriles is 1. The van der Waals surface area contributed by atoms with Gasteiger partial charge in [0.25, 0.3) is 0 Å². The molecule has 3 unspecified atom stereocenters. The fourth-order valence-electron chi connectivity index (χ4n) is 3.03. The van der Waals surface area contributed by atoms with Crippen molar-refractivity contribution in [2.75, 3.05) is 6.54 Å². The van der Waals surface area contributed by atoms with E-state index in [1.54, 1.807) is 0 Å². The van der Waals surface area contributed by atoms with Crippen molar-refractivity contribution in [2.24, 2.45) is 5.92 Å². The topological polar surface area (TPSA) is 35.8 Å². The van der Waals surface area contributed by atoms with Crippen molar-refractivity contribution in [1.82, 2.24) is 5.32 Å². The third kappa shape index (κ3) is 2.57. The molecule has 1 aromatic rings. The Morgan fingerprint density at radius 3 is 2.56 bits per heavy atom. The van der Waals surface area contributed by atoms with Gasteiger partial charge in [-0.25, -0.2) is 0 Å². The molecule has 2 rings (SSSR count). The Morgan fingerprint density at radius 2 is 2.00 bits per heavy atom. The molecule has 0 amide bonds. The van der Waals surface area contributed by atoms with E-state index < -0.39 is 0 Å². The summed E-state index contributed by atoms with van der Waals surface area (Å²) in [5.41, 5.74) is 2.15. The van der Waals surface area contributed by atoms with Gasteiger partial charge in [-0.3, -0.25) is 0 Å². The van der Waals surface area contributed by atoms with Crippen LogP contribution in [0.3, 0.4) is 0 Å². The fraction of sp³-hybridized carbons (Fsp3) is 0.562. The molecule has 1 N–H and O–H groups in total. The molecule has 1 aliphatic carbocycles. The molecule has 0 spiro atoms. The van der Waals surface area contributed by atoms with Crippen LogP contribution in [0.15, 0.2) is 24.3 Å². The zero-order valence-electron chi connectivity index (χ0n) is 11.3. The average Bonchev–Trinajstić information content (AvgIpc) is 2.39. The van der Waals surface area contributed by atoms with Gasteiger partial charge in [0.1, 0.15) is 0 Å². The monoisotopic (exact) mass is 242 g/mol. The summed E-state index contributed by atoms with van der Waals surface area (Å²) in [6.45, 7) is 5.62. The van der Waals surface area contributed by atoms with Gasteiger partial charge in [0, 0.05) is 6.04 Å². The summed E-state index contributed by atoms with van der Waals surface area (Å²) in [6, 6.07) is 11.0. The standard InChI is InChI=1S/C16H22N2/c1-3-9-18-16-10-15(14(16)4-2)13-7-5-12(11-17)6-8-13/h5-8,14-16,18H,3-4,9-10H2,1-2H3. The van der Waals surface area contributed by atoms with Crippen molar-refractivity contribution in [3.8, 4) is 6.07 Å². The van der Waals surface area contributed by atoms with Gasteiger partial charge in [-0.2, -0.15) is 5.26 Å². The molecule has 18 heavy (non-hydrogen) atoms. The molecule has 0 aliphatic heterocycles. The van der Waals surface area contributed by atoms with Crippen LogP contribution in [0, 0.1) is 17.2 Å². The Hall–Kier alpha value is -1.33. The Morgan fingerprint density at radius 1 is 1.28 bits per heavy atom. The van der Waals surface area contributed by atoms with Crippen LogP contribution in [0.4, 0.5) is 0 Å². The predicted molar refractivity (Wildman–Crippen MR) is 74.4 cm³/mol. The molecule has 1 aromatic carbocycles. The summed E-state index contributed by atoms with van der Waals surface area (Å²) >= 11 is 0. The maximum Gasteiger partial charge on any atom is 0.0991 e. The molecule has 0 bridgehead atoms. The van der Waals surface area contributed by atoms with Crippen LogP contribution in [0.25, 0.3) is 0 Å². The van der Waals surface area contributed by atoms with Crippen LogP contribution in [-0.4, -0.2) is 12.6 Å². The summed E-state index contributed by atoms with van der Waals surface area (Å²) in [5.74, 6) is 1.43. The van der Waals surface area contributed by atoms with E-state index in [2.05, 4.69) is 37.4 Å². The number of hydrogen-bond acceptors (Lipinski definition) is 2. The van der Waals surface area contributed by atoms with Crippen LogP contribution >= 0.6 is 0 Å². The Kier molecular flexibility index (Phi) is 4.38. The van der Waals surface area contributed by atoms with Crippen LogP contribution in [0.2, 0.25) is 0 Å². The first-order chi connectivity index (χ1) is 8.80. The first kappa shape index (κ1) is 13.1. The van der Waals surface area contributed by atoms with E-state index >= 15 is 0 Å². The molecule has 1 aliphatic rings. The van der Waals surface area contributed by atoms with Crippen molar-refractivity contribution in [3.63, 3.8) is 0 Å².